The molecule has 0 unspecified atom stereocenters. The molecule has 1 saturated carbocycles. The third-order valence-electron chi connectivity index (χ3n) is 5.75. The van der Waals surface area contributed by atoms with Crippen molar-refractivity contribution in [3.63, 3.8) is 0 Å². The molecule has 1 aromatic heterocycles. The molecular formula is C24H23N3O2. The highest BCUT2D eigenvalue weighted by Crippen LogP contribution is 2.40. The predicted octanol–water partition coefficient (Wildman–Crippen LogP) is 3.97. The summed E-state index contributed by atoms with van der Waals surface area (Å²) in [6.45, 7) is 1.31. The highest BCUT2D eigenvalue weighted by atomic mass is 16.3. The highest BCUT2D eigenvalue weighted by molar-refractivity contribution is 5.94. The summed E-state index contributed by atoms with van der Waals surface area (Å²) < 4.78 is 0. The van der Waals surface area contributed by atoms with Crippen LogP contribution in [0.25, 0.3) is 11.3 Å². The van der Waals surface area contributed by atoms with Gasteiger partial charge in [-0.3, -0.25) is 4.79 Å². The number of aromatic nitrogens is 2. The summed E-state index contributed by atoms with van der Waals surface area (Å²) in [4.78, 5) is 24.7. The molecule has 1 aliphatic carbocycles. The van der Waals surface area contributed by atoms with Crippen molar-refractivity contribution >= 4 is 5.91 Å². The van der Waals surface area contributed by atoms with E-state index in [1.165, 1.54) is 0 Å². The second-order valence-electron chi connectivity index (χ2n) is 7.84. The number of amides is 1. The van der Waals surface area contributed by atoms with Gasteiger partial charge in [0.2, 0.25) is 0 Å². The van der Waals surface area contributed by atoms with E-state index in [0.717, 1.165) is 59.6 Å². The quantitative estimate of drug-likeness (QED) is 0.741. The summed E-state index contributed by atoms with van der Waals surface area (Å²) in [6, 6.07) is 16.7. The highest BCUT2D eigenvalue weighted by Gasteiger charge is 2.30. The molecule has 1 amide bonds. The number of phenols is 1. The largest absolute Gasteiger partial charge is 0.508 e. The van der Waals surface area contributed by atoms with E-state index < -0.39 is 0 Å². The van der Waals surface area contributed by atoms with Gasteiger partial charge in [-0.1, -0.05) is 18.2 Å². The molecular weight excluding hydrogens is 362 g/mol. The van der Waals surface area contributed by atoms with Crippen molar-refractivity contribution in [3.8, 4) is 17.0 Å². The maximum absolute atomic E-state index is 12.9. The lowest BCUT2D eigenvalue weighted by molar-refractivity contribution is 0.0763. The van der Waals surface area contributed by atoms with Crippen molar-refractivity contribution < 1.29 is 9.90 Å². The van der Waals surface area contributed by atoms with E-state index in [0.29, 0.717) is 19.0 Å². The van der Waals surface area contributed by atoms with Crippen molar-refractivity contribution in [1.82, 2.24) is 14.9 Å². The summed E-state index contributed by atoms with van der Waals surface area (Å²) in [6.07, 6.45) is 3.76. The molecule has 2 heterocycles. The van der Waals surface area contributed by atoms with Gasteiger partial charge >= 0.3 is 0 Å². The Morgan fingerprint density at radius 2 is 1.66 bits per heavy atom. The Hall–Kier alpha value is -3.21. The van der Waals surface area contributed by atoms with E-state index in [4.69, 9.17) is 9.97 Å². The smallest absolute Gasteiger partial charge is 0.253 e. The van der Waals surface area contributed by atoms with Crippen LogP contribution in [0, 0.1) is 0 Å². The van der Waals surface area contributed by atoms with E-state index in [9.17, 15) is 9.90 Å². The fourth-order valence-corrected chi connectivity index (χ4v) is 3.97. The Balaban J connectivity index is 1.49. The van der Waals surface area contributed by atoms with Crippen LogP contribution in [0.3, 0.4) is 0 Å². The fourth-order valence-electron chi connectivity index (χ4n) is 3.97. The summed E-state index contributed by atoms with van der Waals surface area (Å²) in [5.41, 5.74) is 4.86. The number of hydrogen-bond donors (Lipinski definition) is 1. The Labute approximate surface area is 170 Å². The molecule has 5 heteroatoms. The molecule has 0 spiro atoms. The van der Waals surface area contributed by atoms with Crippen LogP contribution in [0.15, 0.2) is 54.6 Å². The van der Waals surface area contributed by atoms with E-state index >= 15 is 0 Å². The third kappa shape index (κ3) is 3.60. The zero-order chi connectivity index (χ0) is 19.8. The number of phenolic OH excluding ortho intramolecular Hbond substituents is 1. The van der Waals surface area contributed by atoms with E-state index in [1.807, 2.05) is 47.4 Å². The van der Waals surface area contributed by atoms with Gasteiger partial charge in [-0.2, -0.15) is 0 Å². The SMILES string of the molecule is O=C(c1ccccc1)N1CCc2nc(C3CC3)nc(-c3ccc(O)cc3)c2CC1. The van der Waals surface area contributed by atoms with Gasteiger partial charge in [0, 0.05) is 47.8 Å². The van der Waals surface area contributed by atoms with Crippen LogP contribution in [0.1, 0.15) is 46.2 Å². The van der Waals surface area contributed by atoms with Crippen molar-refractivity contribution in [2.24, 2.45) is 0 Å². The van der Waals surface area contributed by atoms with Gasteiger partial charge in [-0.05, 0) is 55.7 Å². The van der Waals surface area contributed by atoms with Crippen LogP contribution < -0.4 is 0 Å². The van der Waals surface area contributed by atoms with Crippen molar-refractivity contribution in [3.05, 3.63) is 77.2 Å². The van der Waals surface area contributed by atoms with Crippen LogP contribution in [0.4, 0.5) is 0 Å². The Kier molecular flexibility index (Phi) is 4.51. The van der Waals surface area contributed by atoms with Gasteiger partial charge in [0.25, 0.3) is 5.91 Å². The Morgan fingerprint density at radius 1 is 0.931 bits per heavy atom. The topological polar surface area (TPSA) is 66.3 Å². The van der Waals surface area contributed by atoms with Gasteiger partial charge in [-0.25, -0.2) is 9.97 Å². The first-order chi connectivity index (χ1) is 14.2. The lowest BCUT2D eigenvalue weighted by atomic mass is 10.0. The maximum Gasteiger partial charge on any atom is 0.253 e. The van der Waals surface area contributed by atoms with Crippen molar-refractivity contribution in [2.45, 2.75) is 31.6 Å². The van der Waals surface area contributed by atoms with Gasteiger partial charge in [-0.15, -0.1) is 0 Å². The molecule has 5 rings (SSSR count). The van der Waals surface area contributed by atoms with Crippen LogP contribution >= 0.6 is 0 Å². The third-order valence-corrected chi connectivity index (χ3v) is 5.75. The summed E-state index contributed by atoms with van der Waals surface area (Å²) in [5.74, 6) is 1.70. The molecule has 3 aromatic rings. The number of benzene rings is 2. The van der Waals surface area contributed by atoms with Crippen molar-refractivity contribution in [1.29, 1.82) is 0 Å². The number of fused-ring (bicyclic) bond motifs is 1. The van der Waals surface area contributed by atoms with Gasteiger partial charge < -0.3 is 10.0 Å². The second kappa shape index (κ2) is 7.32. The number of carbonyl (C=O) groups excluding carboxylic acids is 1. The first kappa shape index (κ1) is 17.9. The molecule has 2 aliphatic rings. The van der Waals surface area contributed by atoms with Crippen LogP contribution in [-0.4, -0.2) is 39.0 Å². The molecule has 146 valence electrons. The average Bonchev–Trinajstić information content (AvgIpc) is 3.61. The molecule has 1 fully saturated rings. The zero-order valence-electron chi connectivity index (χ0n) is 16.2. The van der Waals surface area contributed by atoms with Crippen LogP contribution in [-0.2, 0) is 12.8 Å². The minimum atomic E-state index is 0.0694. The van der Waals surface area contributed by atoms with E-state index in [-0.39, 0.29) is 11.7 Å². The average molecular weight is 385 g/mol. The summed E-state index contributed by atoms with van der Waals surface area (Å²) in [5, 5.41) is 9.67. The second-order valence-corrected chi connectivity index (χ2v) is 7.84. The van der Waals surface area contributed by atoms with Gasteiger partial charge in [0.15, 0.2) is 0 Å². The molecule has 1 aliphatic heterocycles. The van der Waals surface area contributed by atoms with E-state index in [2.05, 4.69) is 0 Å². The molecule has 29 heavy (non-hydrogen) atoms. The molecule has 0 radical (unpaired) electrons. The molecule has 2 aromatic carbocycles. The number of hydrogen-bond acceptors (Lipinski definition) is 4. The van der Waals surface area contributed by atoms with Crippen LogP contribution in [0.2, 0.25) is 0 Å². The molecule has 1 N–H and O–H groups in total. The lowest BCUT2D eigenvalue weighted by Gasteiger charge is -2.20. The first-order valence-electron chi connectivity index (χ1n) is 10.2. The van der Waals surface area contributed by atoms with Gasteiger partial charge in [0.05, 0.1) is 5.69 Å². The fraction of sp³-hybridized carbons (Fsp3) is 0.292. The number of nitrogens with zero attached hydrogens (tertiary/aromatic N) is 3. The normalized spacial score (nSPS) is 16.2. The number of carbonyl (C=O) groups is 1. The zero-order valence-corrected chi connectivity index (χ0v) is 16.2. The van der Waals surface area contributed by atoms with E-state index in [1.54, 1.807) is 12.1 Å². The molecule has 0 atom stereocenters. The lowest BCUT2D eigenvalue weighted by Crippen LogP contribution is -2.33. The Bertz CT molecular complexity index is 1040. The molecule has 5 nitrogen and oxygen atoms in total. The maximum atomic E-state index is 12.9. The monoisotopic (exact) mass is 385 g/mol. The minimum Gasteiger partial charge on any atom is -0.508 e. The Morgan fingerprint density at radius 3 is 2.38 bits per heavy atom. The predicted molar refractivity (Wildman–Crippen MR) is 111 cm³/mol. The first-order valence-corrected chi connectivity index (χ1v) is 10.2. The summed E-state index contributed by atoms with van der Waals surface area (Å²) in [7, 11) is 0. The van der Waals surface area contributed by atoms with Crippen LogP contribution in [0.5, 0.6) is 5.75 Å². The standard InChI is InChI=1S/C24H23N3O2/c28-19-10-8-16(9-11-19)22-20-12-14-27(24(29)18-4-2-1-3-5-18)15-13-21(20)25-23(26-22)17-6-7-17/h1-5,8-11,17,28H,6-7,12-15H2. The summed E-state index contributed by atoms with van der Waals surface area (Å²) >= 11 is 0. The minimum absolute atomic E-state index is 0.0694. The van der Waals surface area contributed by atoms with Crippen molar-refractivity contribution in [2.75, 3.05) is 13.1 Å². The number of aromatic hydroxyl groups is 1. The molecule has 0 bridgehead atoms. The molecule has 0 saturated heterocycles. The number of rotatable bonds is 3. The van der Waals surface area contributed by atoms with Gasteiger partial charge in [0.1, 0.15) is 11.6 Å².